The molecule has 1 N–H and O–H groups in total. The monoisotopic (exact) mass is 288 g/mol. The normalized spacial score (nSPS) is 18.2. The third-order valence-electron chi connectivity index (χ3n) is 2.68. The number of benzene rings is 1. The molecule has 0 unspecified atom stereocenters. The number of rotatable bonds is 2. The number of nitrogens with one attached hydrogen (secondary N) is 1. The summed E-state index contributed by atoms with van der Waals surface area (Å²) in [5.74, 6) is -0.289. The molecule has 1 aliphatic rings. The van der Waals surface area contributed by atoms with Gasteiger partial charge in [-0.15, -0.1) is 0 Å². The molecule has 0 spiro atoms. The average molecular weight is 289 g/mol. The van der Waals surface area contributed by atoms with Gasteiger partial charge >= 0.3 is 0 Å². The van der Waals surface area contributed by atoms with Crippen molar-refractivity contribution in [1.82, 2.24) is 9.62 Å². The number of nitrogens with zero attached hydrogens (tertiary/aromatic N) is 1. The molecule has 0 saturated carbocycles. The largest absolute Gasteiger partial charge is 0.355 e. The zero-order valence-electron chi connectivity index (χ0n) is 9.60. The molecule has 1 aromatic rings. The standard InChI is InChI=1S/C11H13ClN2O3S/c12-9-4-1-2-5-10(9)18(16,17)14-7-3-6-13-11(15)8-14/h1-2,4-5H,3,6-8H2,(H,13,15). The topological polar surface area (TPSA) is 66.5 Å². The van der Waals surface area contributed by atoms with E-state index < -0.39 is 10.0 Å². The number of sulfonamides is 1. The van der Waals surface area contributed by atoms with Gasteiger partial charge in [-0.25, -0.2) is 8.42 Å². The van der Waals surface area contributed by atoms with Gasteiger partial charge in [0.15, 0.2) is 0 Å². The molecule has 1 amide bonds. The van der Waals surface area contributed by atoms with Crippen LogP contribution in [0.4, 0.5) is 0 Å². The maximum absolute atomic E-state index is 12.4. The van der Waals surface area contributed by atoms with E-state index >= 15 is 0 Å². The molecule has 0 radical (unpaired) electrons. The Morgan fingerprint density at radius 3 is 2.72 bits per heavy atom. The first-order valence-electron chi connectivity index (χ1n) is 5.53. The Morgan fingerprint density at radius 2 is 2.00 bits per heavy atom. The van der Waals surface area contributed by atoms with Gasteiger partial charge < -0.3 is 5.32 Å². The highest BCUT2D eigenvalue weighted by Crippen LogP contribution is 2.24. The third kappa shape index (κ3) is 2.66. The van der Waals surface area contributed by atoms with Crippen molar-refractivity contribution in [3.05, 3.63) is 29.3 Å². The second-order valence-electron chi connectivity index (χ2n) is 3.97. The molecule has 0 atom stereocenters. The van der Waals surface area contributed by atoms with E-state index in [-0.39, 0.29) is 22.4 Å². The van der Waals surface area contributed by atoms with Crippen molar-refractivity contribution < 1.29 is 13.2 Å². The molecule has 1 aliphatic heterocycles. The lowest BCUT2D eigenvalue weighted by molar-refractivity contribution is -0.120. The number of halogens is 1. The van der Waals surface area contributed by atoms with Gasteiger partial charge in [0, 0.05) is 13.1 Å². The summed E-state index contributed by atoms with van der Waals surface area (Å²) in [6, 6.07) is 6.24. The second-order valence-corrected chi connectivity index (χ2v) is 6.29. The summed E-state index contributed by atoms with van der Waals surface area (Å²) in [5.41, 5.74) is 0. The Hall–Kier alpha value is -1.11. The number of carbonyl (C=O) groups is 1. The minimum Gasteiger partial charge on any atom is -0.355 e. The molecule has 1 fully saturated rings. The van der Waals surface area contributed by atoms with Crippen molar-refractivity contribution >= 4 is 27.5 Å². The Balaban J connectivity index is 2.36. The van der Waals surface area contributed by atoms with Crippen molar-refractivity contribution in [1.29, 1.82) is 0 Å². The molecule has 5 nitrogen and oxygen atoms in total. The number of hydrogen-bond acceptors (Lipinski definition) is 3. The molecule has 2 rings (SSSR count). The maximum Gasteiger partial charge on any atom is 0.245 e. The highest BCUT2D eigenvalue weighted by atomic mass is 35.5. The first-order chi connectivity index (χ1) is 8.51. The Bertz CT molecular complexity index is 559. The van der Waals surface area contributed by atoms with Crippen LogP contribution >= 0.6 is 11.6 Å². The van der Waals surface area contributed by atoms with Gasteiger partial charge in [-0.3, -0.25) is 4.79 Å². The van der Waals surface area contributed by atoms with Crippen LogP contribution in [-0.2, 0) is 14.8 Å². The number of carbonyl (C=O) groups excluding carboxylic acids is 1. The quantitative estimate of drug-likeness (QED) is 0.877. The zero-order valence-corrected chi connectivity index (χ0v) is 11.2. The van der Waals surface area contributed by atoms with Crippen molar-refractivity contribution in [2.75, 3.05) is 19.6 Å². The lowest BCUT2D eigenvalue weighted by atomic mass is 10.4. The lowest BCUT2D eigenvalue weighted by Crippen LogP contribution is -2.37. The third-order valence-corrected chi connectivity index (χ3v) is 5.03. The summed E-state index contributed by atoms with van der Waals surface area (Å²) in [6.45, 7) is 0.646. The van der Waals surface area contributed by atoms with Gasteiger partial charge in [-0.05, 0) is 18.6 Å². The second kappa shape index (κ2) is 5.26. The first-order valence-corrected chi connectivity index (χ1v) is 7.35. The number of hydrogen-bond donors (Lipinski definition) is 1. The Kier molecular flexibility index (Phi) is 3.89. The molecule has 0 aliphatic carbocycles. The van der Waals surface area contributed by atoms with E-state index in [0.29, 0.717) is 19.5 Å². The summed E-state index contributed by atoms with van der Waals surface area (Å²) in [5, 5.41) is 2.80. The lowest BCUT2D eigenvalue weighted by Gasteiger charge is -2.19. The van der Waals surface area contributed by atoms with Crippen LogP contribution < -0.4 is 5.32 Å². The molecule has 7 heteroatoms. The molecular formula is C11H13ClN2O3S. The van der Waals surface area contributed by atoms with E-state index in [9.17, 15) is 13.2 Å². The fourth-order valence-electron chi connectivity index (χ4n) is 1.78. The van der Waals surface area contributed by atoms with E-state index in [1.54, 1.807) is 12.1 Å². The zero-order chi connectivity index (χ0) is 13.2. The van der Waals surface area contributed by atoms with Gasteiger partial charge in [0.25, 0.3) is 0 Å². The van der Waals surface area contributed by atoms with Crippen LogP contribution in [0, 0.1) is 0 Å². The van der Waals surface area contributed by atoms with E-state index in [1.165, 1.54) is 12.1 Å². The fraction of sp³-hybridized carbons (Fsp3) is 0.364. The van der Waals surface area contributed by atoms with Crippen LogP contribution in [0.15, 0.2) is 29.2 Å². The molecule has 1 heterocycles. The highest BCUT2D eigenvalue weighted by molar-refractivity contribution is 7.89. The van der Waals surface area contributed by atoms with Crippen LogP contribution in [0.5, 0.6) is 0 Å². The van der Waals surface area contributed by atoms with Crippen molar-refractivity contribution in [3.63, 3.8) is 0 Å². The van der Waals surface area contributed by atoms with E-state index in [2.05, 4.69) is 5.32 Å². The fourth-order valence-corrected chi connectivity index (χ4v) is 3.70. The van der Waals surface area contributed by atoms with E-state index in [1.807, 2.05) is 0 Å². The molecule has 1 saturated heterocycles. The number of amides is 1. The molecule has 0 bridgehead atoms. The van der Waals surface area contributed by atoms with Crippen molar-refractivity contribution in [3.8, 4) is 0 Å². The van der Waals surface area contributed by atoms with E-state index in [0.717, 1.165) is 4.31 Å². The first kappa shape index (κ1) is 13.3. The van der Waals surface area contributed by atoms with Gasteiger partial charge in [0.1, 0.15) is 4.90 Å². The molecule has 0 aromatic heterocycles. The molecule has 98 valence electrons. The summed E-state index contributed by atoms with van der Waals surface area (Å²) >= 11 is 5.90. The van der Waals surface area contributed by atoms with Gasteiger partial charge in [0.05, 0.1) is 11.6 Å². The molecule has 1 aromatic carbocycles. The minimum atomic E-state index is -3.71. The van der Waals surface area contributed by atoms with Crippen LogP contribution in [0.1, 0.15) is 6.42 Å². The Morgan fingerprint density at radius 1 is 1.28 bits per heavy atom. The highest BCUT2D eigenvalue weighted by Gasteiger charge is 2.29. The molecule has 18 heavy (non-hydrogen) atoms. The average Bonchev–Trinajstić information content (AvgIpc) is 2.54. The van der Waals surface area contributed by atoms with Crippen LogP contribution in [0.25, 0.3) is 0 Å². The van der Waals surface area contributed by atoms with Gasteiger partial charge in [-0.1, -0.05) is 23.7 Å². The predicted molar refractivity (Wildman–Crippen MR) is 67.8 cm³/mol. The van der Waals surface area contributed by atoms with Crippen LogP contribution in [-0.4, -0.2) is 38.3 Å². The summed E-state index contributed by atoms with van der Waals surface area (Å²) in [4.78, 5) is 11.4. The smallest absolute Gasteiger partial charge is 0.245 e. The summed E-state index contributed by atoms with van der Waals surface area (Å²) in [6.07, 6.45) is 0.593. The Labute approximate surface area is 111 Å². The van der Waals surface area contributed by atoms with Crippen molar-refractivity contribution in [2.24, 2.45) is 0 Å². The van der Waals surface area contributed by atoms with Crippen LogP contribution in [0.3, 0.4) is 0 Å². The van der Waals surface area contributed by atoms with Gasteiger partial charge in [-0.2, -0.15) is 4.31 Å². The maximum atomic E-state index is 12.4. The summed E-state index contributed by atoms with van der Waals surface area (Å²) < 4.78 is 25.9. The SMILES string of the molecule is O=C1CN(S(=O)(=O)c2ccccc2Cl)CCCN1. The van der Waals surface area contributed by atoms with Crippen molar-refractivity contribution in [2.45, 2.75) is 11.3 Å². The molecular weight excluding hydrogens is 276 g/mol. The predicted octanol–water partition coefficient (Wildman–Crippen LogP) is 0.851. The van der Waals surface area contributed by atoms with E-state index in [4.69, 9.17) is 11.6 Å². The minimum absolute atomic E-state index is 0.0429. The summed E-state index contributed by atoms with van der Waals surface area (Å²) in [7, 11) is -3.71. The van der Waals surface area contributed by atoms with Gasteiger partial charge in [0.2, 0.25) is 15.9 Å². The van der Waals surface area contributed by atoms with Crippen LogP contribution in [0.2, 0.25) is 5.02 Å².